The summed E-state index contributed by atoms with van der Waals surface area (Å²) in [6.07, 6.45) is 1.90. The quantitative estimate of drug-likeness (QED) is 0.497. The summed E-state index contributed by atoms with van der Waals surface area (Å²) in [4.78, 5) is 0. The maximum Gasteiger partial charge on any atom is 0.0892 e. The first kappa shape index (κ1) is 15.2. The van der Waals surface area contributed by atoms with Gasteiger partial charge in [-0.2, -0.15) is 10.2 Å². The Hall–Kier alpha value is -2.74. The van der Waals surface area contributed by atoms with Crippen molar-refractivity contribution in [3.8, 4) is 0 Å². The van der Waals surface area contributed by atoms with E-state index in [1.54, 1.807) is 0 Å². The second-order valence-corrected chi connectivity index (χ2v) is 5.51. The molecule has 3 aromatic rings. The zero-order chi connectivity index (χ0) is 15.9. The third kappa shape index (κ3) is 4.13. The molecule has 3 aromatic carbocycles. The number of nitrogens with zero attached hydrogens (tertiary/aromatic N) is 2. The van der Waals surface area contributed by atoms with Crippen LogP contribution in [0.3, 0.4) is 0 Å². The van der Waals surface area contributed by atoms with Gasteiger partial charge in [0.05, 0.1) is 11.4 Å². The highest BCUT2D eigenvalue weighted by molar-refractivity contribution is 5.48. The van der Waals surface area contributed by atoms with Crippen molar-refractivity contribution in [3.05, 3.63) is 95.6 Å². The lowest BCUT2D eigenvalue weighted by Gasteiger charge is -2.05. The third-order valence-corrected chi connectivity index (χ3v) is 3.85. The van der Waals surface area contributed by atoms with Gasteiger partial charge in [0, 0.05) is 0 Å². The number of hydrogen-bond donors (Lipinski definition) is 0. The van der Waals surface area contributed by atoms with Crippen LogP contribution in [0.5, 0.6) is 0 Å². The molecule has 0 aromatic heterocycles. The molecular formula is C21H20N2. The van der Waals surface area contributed by atoms with E-state index in [2.05, 4.69) is 59.6 Å². The van der Waals surface area contributed by atoms with Crippen LogP contribution in [0.4, 0.5) is 11.4 Å². The second kappa shape index (κ2) is 7.50. The van der Waals surface area contributed by atoms with Gasteiger partial charge in [-0.3, -0.25) is 0 Å². The highest BCUT2D eigenvalue weighted by atomic mass is 15.1. The van der Waals surface area contributed by atoms with E-state index < -0.39 is 0 Å². The molecule has 0 unspecified atom stereocenters. The number of aryl methyl sites for hydroxylation is 1. The van der Waals surface area contributed by atoms with Crippen LogP contribution < -0.4 is 0 Å². The van der Waals surface area contributed by atoms with Crippen molar-refractivity contribution >= 4 is 11.4 Å². The fraction of sp³-hybridized carbons (Fsp3) is 0.143. The maximum absolute atomic E-state index is 4.45. The lowest BCUT2D eigenvalue weighted by Crippen LogP contribution is -1.87. The molecule has 0 amide bonds. The van der Waals surface area contributed by atoms with Crippen LogP contribution in [-0.4, -0.2) is 0 Å². The molecule has 0 heterocycles. The minimum Gasteiger partial charge on any atom is -0.151 e. The molecule has 0 N–H and O–H groups in total. The Labute approximate surface area is 137 Å². The van der Waals surface area contributed by atoms with Gasteiger partial charge < -0.3 is 0 Å². The Morgan fingerprint density at radius 3 is 2.09 bits per heavy atom. The van der Waals surface area contributed by atoms with Crippen LogP contribution >= 0.6 is 0 Å². The van der Waals surface area contributed by atoms with Gasteiger partial charge in [0.25, 0.3) is 0 Å². The van der Waals surface area contributed by atoms with Crippen LogP contribution in [-0.2, 0) is 12.8 Å². The van der Waals surface area contributed by atoms with E-state index in [-0.39, 0.29) is 0 Å². The Balaban J connectivity index is 1.80. The molecule has 114 valence electrons. The summed E-state index contributed by atoms with van der Waals surface area (Å²) in [7, 11) is 0. The smallest absolute Gasteiger partial charge is 0.0892 e. The Morgan fingerprint density at radius 2 is 1.35 bits per heavy atom. The first-order valence-electron chi connectivity index (χ1n) is 7.97. The van der Waals surface area contributed by atoms with Gasteiger partial charge >= 0.3 is 0 Å². The lowest BCUT2D eigenvalue weighted by molar-refractivity contribution is 1.12. The molecule has 2 nitrogen and oxygen atoms in total. The van der Waals surface area contributed by atoms with Crippen LogP contribution in [0.1, 0.15) is 23.6 Å². The van der Waals surface area contributed by atoms with Gasteiger partial charge in [-0.25, -0.2) is 0 Å². The largest absolute Gasteiger partial charge is 0.151 e. The molecule has 0 aliphatic heterocycles. The lowest BCUT2D eigenvalue weighted by atomic mass is 10.0. The highest BCUT2D eigenvalue weighted by Crippen LogP contribution is 2.24. The molecule has 23 heavy (non-hydrogen) atoms. The normalized spacial score (nSPS) is 11.0. The molecular weight excluding hydrogens is 280 g/mol. The first-order chi connectivity index (χ1) is 11.3. The number of azo groups is 1. The molecule has 0 radical (unpaired) electrons. The van der Waals surface area contributed by atoms with Crippen LogP contribution in [0.2, 0.25) is 0 Å². The summed E-state index contributed by atoms with van der Waals surface area (Å²) in [6, 6.07) is 26.9. The SMILES string of the molecule is CCc1ccc(N=Nc2ccccc2Cc2ccccc2)cc1. The molecule has 0 fully saturated rings. The van der Waals surface area contributed by atoms with Crippen molar-refractivity contribution in [1.29, 1.82) is 0 Å². The van der Waals surface area contributed by atoms with Gasteiger partial charge in [0.1, 0.15) is 0 Å². The number of benzene rings is 3. The summed E-state index contributed by atoms with van der Waals surface area (Å²) in [5.74, 6) is 0. The van der Waals surface area contributed by atoms with Crippen molar-refractivity contribution in [2.45, 2.75) is 19.8 Å². The zero-order valence-electron chi connectivity index (χ0n) is 13.3. The predicted molar refractivity (Wildman–Crippen MR) is 95.7 cm³/mol. The van der Waals surface area contributed by atoms with E-state index >= 15 is 0 Å². The van der Waals surface area contributed by atoms with Gasteiger partial charge in [0.2, 0.25) is 0 Å². The predicted octanol–water partition coefficient (Wildman–Crippen LogP) is 6.26. The van der Waals surface area contributed by atoms with E-state index in [4.69, 9.17) is 0 Å². The summed E-state index contributed by atoms with van der Waals surface area (Å²) in [5.41, 5.74) is 5.59. The van der Waals surface area contributed by atoms with E-state index in [0.717, 1.165) is 24.2 Å². The highest BCUT2D eigenvalue weighted by Gasteiger charge is 2.02. The van der Waals surface area contributed by atoms with Gasteiger partial charge in [-0.05, 0) is 47.7 Å². The molecule has 0 aliphatic rings. The van der Waals surface area contributed by atoms with E-state index in [1.807, 2.05) is 36.4 Å². The van der Waals surface area contributed by atoms with Crippen molar-refractivity contribution in [3.63, 3.8) is 0 Å². The van der Waals surface area contributed by atoms with Crippen LogP contribution in [0.25, 0.3) is 0 Å². The van der Waals surface area contributed by atoms with Crippen molar-refractivity contribution in [2.24, 2.45) is 10.2 Å². The Morgan fingerprint density at radius 1 is 0.652 bits per heavy atom. The van der Waals surface area contributed by atoms with Gasteiger partial charge in [0.15, 0.2) is 0 Å². The molecule has 2 heteroatoms. The first-order valence-corrected chi connectivity index (χ1v) is 7.97. The molecule has 0 spiro atoms. The van der Waals surface area contributed by atoms with Crippen molar-refractivity contribution < 1.29 is 0 Å². The summed E-state index contributed by atoms with van der Waals surface area (Å²) < 4.78 is 0. The zero-order valence-corrected chi connectivity index (χ0v) is 13.3. The third-order valence-electron chi connectivity index (χ3n) is 3.85. The van der Waals surface area contributed by atoms with Crippen molar-refractivity contribution in [2.75, 3.05) is 0 Å². The molecule has 0 bridgehead atoms. The topological polar surface area (TPSA) is 24.7 Å². The fourth-order valence-electron chi connectivity index (χ4n) is 2.48. The summed E-state index contributed by atoms with van der Waals surface area (Å²) in [5, 5.41) is 8.83. The van der Waals surface area contributed by atoms with Crippen molar-refractivity contribution in [1.82, 2.24) is 0 Å². The maximum atomic E-state index is 4.45. The Bertz CT molecular complexity index is 774. The molecule has 0 saturated carbocycles. The molecule has 0 atom stereocenters. The fourth-order valence-corrected chi connectivity index (χ4v) is 2.48. The minimum atomic E-state index is 0.866. The number of rotatable bonds is 5. The standard InChI is InChI=1S/C21H20N2/c1-2-17-12-14-20(15-13-17)22-23-21-11-7-6-10-19(21)16-18-8-4-3-5-9-18/h3-15H,2,16H2,1H3. The van der Waals surface area contributed by atoms with Gasteiger partial charge in [-0.15, -0.1) is 0 Å². The van der Waals surface area contributed by atoms with Crippen LogP contribution in [0.15, 0.2) is 89.1 Å². The molecule has 3 rings (SSSR count). The second-order valence-electron chi connectivity index (χ2n) is 5.51. The minimum absolute atomic E-state index is 0.866. The molecule has 0 aliphatic carbocycles. The molecule has 0 saturated heterocycles. The monoisotopic (exact) mass is 300 g/mol. The Kier molecular flexibility index (Phi) is 4.95. The van der Waals surface area contributed by atoms with E-state index in [1.165, 1.54) is 16.7 Å². The average Bonchev–Trinajstić information content (AvgIpc) is 2.62. The number of hydrogen-bond acceptors (Lipinski definition) is 2. The van der Waals surface area contributed by atoms with E-state index in [9.17, 15) is 0 Å². The van der Waals surface area contributed by atoms with Crippen LogP contribution in [0, 0.1) is 0 Å². The summed E-state index contributed by atoms with van der Waals surface area (Å²) in [6.45, 7) is 2.15. The summed E-state index contributed by atoms with van der Waals surface area (Å²) >= 11 is 0. The average molecular weight is 300 g/mol. The van der Waals surface area contributed by atoms with Gasteiger partial charge in [-0.1, -0.05) is 67.6 Å². The van der Waals surface area contributed by atoms with E-state index in [0.29, 0.717) is 0 Å².